The number of H-pyrrole nitrogens is 2. The molecule has 2 heterocycles. The summed E-state index contributed by atoms with van der Waals surface area (Å²) in [6.07, 6.45) is 0.293. The molecule has 4 aromatic rings. The van der Waals surface area contributed by atoms with Crippen LogP contribution in [0.3, 0.4) is 0 Å². The minimum atomic E-state index is -0.566. The molecule has 10 heteroatoms. The van der Waals surface area contributed by atoms with Crippen LogP contribution in [-0.4, -0.2) is 25.4 Å². The maximum Gasteiger partial charge on any atom is 0.329 e. The monoisotopic (exact) mass is 423 g/mol. The zero-order valence-corrected chi connectivity index (χ0v) is 16.4. The third-order valence-electron chi connectivity index (χ3n) is 4.58. The van der Waals surface area contributed by atoms with Crippen molar-refractivity contribution < 1.29 is 13.9 Å². The fraction of sp³-hybridized carbons (Fsp3) is 0.143. The summed E-state index contributed by atoms with van der Waals surface area (Å²) in [5.41, 5.74) is -0.308. The fourth-order valence-corrected chi connectivity index (χ4v) is 3.03. The van der Waals surface area contributed by atoms with Crippen LogP contribution in [-0.2, 0) is 18.3 Å². The Kier molecular flexibility index (Phi) is 5.35. The largest absolute Gasteiger partial charge is 0.455 e. The number of aromatic amines is 2. The number of anilines is 1. The quantitative estimate of drug-likeness (QED) is 0.440. The van der Waals surface area contributed by atoms with E-state index in [-0.39, 0.29) is 29.9 Å². The number of aryl methyl sites for hydroxylation is 2. The number of imidazole rings is 1. The van der Waals surface area contributed by atoms with Gasteiger partial charge in [-0.1, -0.05) is 18.2 Å². The highest BCUT2D eigenvalue weighted by molar-refractivity contribution is 5.92. The molecule has 31 heavy (non-hydrogen) atoms. The van der Waals surface area contributed by atoms with Crippen molar-refractivity contribution in [1.82, 2.24) is 19.5 Å². The number of benzene rings is 2. The minimum absolute atomic E-state index is 0.0694. The molecule has 0 unspecified atom stereocenters. The first-order valence-electron chi connectivity index (χ1n) is 9.41. The van der Waals surface area contributed by atoms with Crippen molar-refractivity contribution >= 4 is 22.8 Å². The van der Waals surface area contributed by atoms with Crippen molar-refractivity contribution in [2.75, 3.05) is 5.32 Å². The first-order chi connectivity index (χ1) is 14.9. The van der Waals surface area contributed by atoms with E-state index in [4.69, 9.17) is 4.74 Å². The van der Waals surface area contributed by atoms with Crippen LogP contribution in [0.15, 0.2) is 58.1 Å². The number of nitrogens with zero attached hydrogens (tertiary/aromatic N) is 2. The van der Waals surface area contributed by atoms with Crippen molar-refractivity contribution in [2.45, 2.75) is 12.8 Å². The van der Waals surface area contributed by atoms with Gasteiger partial charge in [0.15, 0.2) is 11.4 Å². The molecule has 0 atom stereocenters. The van der Waals surface area contributed by atoms with E-state index < -0.39 is 17.1 Å². The molecule has 0 saturated carbocycles. The Morgan fingerprint density at radius 1 is 1.16 bits per heavy atom. The number of rotatable bonds is 6. The average Bonchev–Trinajstić information content (AvgIpc) is 3.17. The zero-order chi connectivity index (χ0) is 22.0. The highest BCUT2D eigenvalue weighted by atomic mass is 19.1. The molecule has 0 spiro atoms. The van der Waals surface area contributed by atoms with Crippen molar-refractivity contribution in [3.05, 3.63) is 81.0 Å². The zero-order valence-electron chi connectivity index (χ0n) is 16.4. The van der Waals surface area contributed by atoms with Gasteiger partial charge in [0.2, 0.25) is 5.91 Å². The Morgan fingerprint density at radius 3 is 2.77 bits per heavy atom. The lowest BCUT2D eigenvalue weighted by atomic mass is 10.2. The van der Waals surface area contributed by atoms with E-state index in [2.05, 4.69) is 20.3 Å². The SMILES string of the molecule is Cn1c(=O)[nH]c(=O)c2[nH]c(CCC(=O)Nc3ccccc3Oc3cccc(F)c3)nc21. The number of para-hydroxylation sites is 2. The lowest BCUT2D eigenvalue weighted by Crippen LogP contribution is -2.28. The highest BCUT2D eigenvalue weighted by Crippen LogP contribution is 2.29. The summed E-state index contributed by atoms with van der Waals surface area (Å²) in [6, 6.07) is 12.5. The lowest BCUT2D eigenvalue weighted by Gasteiger charge is -2.12. The van der Waals surface area contributed by atoms with Gasteiger partial charge in [-0.15, -0.1) is 0 Å². The smallest absolute Gasteiger partial charge is 0.329 e. The molecule has 0 aliphatic heterocycles. The molecule has 0 saturated heterocycles. The van der Waals surface area contributed by atoms with Crippen LogP contribution in [0.4, 0.5) is 10.1 Å². The van der Waals surface area contributed by atoms with Gasteiger partial charge in [0.05, 0.1) is 5.69 Å². The average molecular weight is 423 g/mol. The predicted octanol–water partition coefficient (Wildman–Crippen LogP) is 2.45. The van der Waals surface area contributed by atoms with Crippen LogP contribution in [0.25, 0.3) is 11.2 Å². The van der Waals surface area contributed by atoms with Crippen LogP contribution in [0.1, 0.15) is 12.2 Å². The Bertz CT molecular complexity index is 1390. The van der Waals surface area contributed by atoms with Gasteiger partial charge in [0.1, 0.15) is 22.9 Å². The Labute approximate surface area is 174 Å². The number of hydrogen-bond acceptors (Lipinski definition) is 5. The van der Waals surface area contributed by atoms with E-state index in [0.717, 1.165) is 0 Å². The van der Waals surface area contributed by atoms with Gasteiger partial charge in [-0.3, -0.25) is 19.1 Å². The summed E-state index contributed by atoms with van der Waals surface area (Å²) >= 11 is 0. The fourth-order valence-electron chi connectivity index (χ4n) is 3.03. The van der Waals surface area contributed by atoms with Gasteiger partial charge in [0, 0.05) is 26.0 Å². The molecule has 0 aliphatic rings. The van der Waals surface area contributed by atoms with E-state index in [1.54, 1.807) is 30.3 Å². The van der Waals surface area contributed by atoms with Crippen LogP contribution in [0, 0.1) is 5.82 Å². The molecule has 2 aromatic heterocycles. The van der Waals surface area contributed by atoms with Gasteiger partial charge in [0.25, 0.3) is 5.56 Å². The molecule has 9 nitrogen and oxygen atoms in total. The summed E-state index contributed by atoms with van der Waals surface area (Å²) in [5.74, 6) is 0.340. The number of amides is 1. The molecule has 0 bridgehead atoms. The molecular weight excluding hydrogens is 405 g/mol. The maximum atomic E-state index is 13.4. The number of carbonyl (C=O) groups excluding carboxylic acids is 1. The summed E-state index contributed by atoms with van der Waals surface area (Å²) in [4.78, 5) is 45.3. The number of hydrogen-bond donors (Lipinski definition) is 3. The molecule has 0 aliphatic carbocycles. The normalized spacial score (nSPS) is 10.9. The molecule has 2 aromatic carbocycles. The van der Waals surface area contributed by atoms with Crippen molar-refractivity contribution in [1.29, 1.82) is 0 Å². The Balaban J connectivity index is 1.46. The third kappa shape index (κ3) is 4.37. The maximum absolute atomic E-state index is 13.4. The van der Waals surface area contributed by atoms with Gasteiger partial charge >= 0.3 is 5.69 Å². The van der Waals surface area contributed by atoms with Crippen LogP contribution in [0.5, 0.6) is 11.5 Å². The van der Waals surface area contributed by atoms with Crippen LogP contribution >= 0.6 is 0 Å². The van der Waals surface area contributed by atoms with Crippen molar-refractivity contribution in [3.8, 4) is 11.5 Å². The van der Waals surface area contributed by atoms with Gasteiger partial charge < -0.3 is 15.0 Å². The third-order valence-corrected chi connectivity index (χ3v) is 4.58. The number of ether oxygens (including phenoxy) is 1. The summed E-state index contributed by atoms with van der Waals surface area (Å²) in [5, 5.41) is 2.76. The van der Waals surface area contributed by atoms with Crippen LogP contribution in [0.2, 0.25) is 0 Å². The van der Waals surface area contributed by atoms with Gasteiger partial charge in [-0.05, 0) is 24.3 Å². The summed E-state index contributed by atoms with van der Waals surface area (Å²) < 4.78 is 20.3. The molecule has 1 amide bonds. The second kappa shape index (κ2) is 8.27. The van der Waals surface area contributed by atoms with E-state index in [9.17, 15) is 18.8 Å². The molecular formula is C21H18FN5O4. The Hall–Kier alpha value is -4.21. The second-order valence-corrected chi connectivity index (χ2v) is 6.80. The van der Waals surface area contributed by atoms with E-state index in [1.807, 2.05) is 0 Å². The Morgan fingerprint density at radius 2 is 1.97 bits per heavy atom. The van der Waals surface area contributed by atoms with E-state index in [0.29, 0.717) is 23.0 Å². The number of halogens is 1. The summed E-state index contributed by atoms with van der Waals surface area (Å²) in [7, 11) is 1.49. The lowest BCUT2D eigenvalue weighted by molar-refractivity contribution is -0.116. The van der Waals surface area contributed by atoms with Crippen LogP contribution < -0.4 is 21.3 Å². The van der Waals surface area contributed by atoms with E-state index >= 15 is 0 Å². The summed E-state index contributed by atoms with van der Waals surface area (Å²) in [6.45, 7) is 0. The number of nitrogens with one attached hydrogen (secondary N) is 3. The molecule has 158 valence electrons. The first-order valence-corrected chi connectivity index (χ1v) is 9.41. The molecule has 4 rings (SSSR count). The number of carbonyl (C=O) groups is 1. The predicted molar refractivity (Wildman–Crippen MR) is 112 cm³/mol. The van der Waals surface area contributed by atoms with Gasteiger partial charge in [-0.2, -0.15) is 0 Å². The second-order valence-electron chi connectivity index (χ2n) is 6.80. The topological polar surface area (TPSA) is 122 Å². The minimum Gasteiger partial charge on any atom is -0.455 e. The number of aromatic nitrogens is 4. The molecule has 0 fully saturated rings. The standard InChI is InChI=1S/C21H18FN5O4/c1-27-19-18(20(29)26-21(27)30)24-16(25-19)9-10-17(28)23-14-7-2-3-8-15(14)31-13-6-4-5-12(22)11-13/h2-8,11H,9-10H2,1H3,(H,23,28)(H,24,25)(H,26,29,30). The molecule has 0 radical (unpaired) electrons. The number of fused-ring (bicyclic) bond motifs is 1. The van der Waals surface area contributed by atoms with Crippen molar-refractivity contribution in [2.24, 2.45) is 7.05 Å². The van der Waals surface area contributed by atoms with Crippen molar-refractivity contribution in [3.63, 3.8) is 0 Å². The van der Waals surface area contributed by atoms with Gasteiger partial charge in [-0.25, -0.2) is 14.2 Å². The van der Waals surface area contributed by atoms with E-state index in [1.165, 1.54) is 29.8 Å². The molecule has 3 N–H and O–H groups in total. The highest BCUT2D eigenvalue weighted by Gasteiger charge is 2.13. The first kappa shape index (κ1) is 20.1.